The van der Waals surface area contributed by atoms with Crippen LogP contribution in [0.2, 0.25) is 0 Å². The summed E-state index contributed by atoms with van der Waals surface area (Å²) in [5.41, 5.74) is 5.84. The molecule has 1 aromatic heterocycles. The number of nitrogens with two attached hydrogens (primary N) is 1. The van der Waals surface area contributed by atoms with Crippen molar-refractivity contribution in [3.05, 3.63) is 21.9 Å². The maximum absolute atomic E-state index is 5.85. The third-order valence-corrected chi connectivity index (χ3v) is 4.16. The molecule has 0 bridgehead atoms. The molecular formula is C12H19NOS. The molecule has 1 heterocycles. The van der Waals surface area contributed by atoms with E-state index in [4.69, 9.17) is 10.5 Å². The molecule has 0 aromatic carbocycles. The van der Waals surface area contributed by atoms with Gasteiger partial charge < -0.3 is 10.5 Å². The molecule has 1 aromatic rings. The zero-order valence-electron chi connectivity index (χ0n) is 9.24. The molecule has 15 heavy (non-hydrogen) atoms. The van der Waals surface area contributed by atoms with Crippen molar-refractivity contribution in [2.45, 2.75) is 51.4 Å². The Kier molecular flexibility index (Phi) is 3.78. The van der Waals surface area contributed by atoms with Crippen molar-refractivity contribution in [2.24, 2.45) is 5.73 Å². The van der Waals surface area contributed by atoms with E-state index in [9.17, 15) is 0 Å². The van der Waals surface area contributed by atoms with Crippen molar-refractivity contribution in [1.82, 2.24) is 0 Å². The molecule has 1 aliphatic carbocycles. The van der Waals surface area contributed by atoms with Gasteiger partial charge in [-0.1, -0.05) is 6.92 Å². The van der Waals surface area contributed by atoms with Crippen LogP contribution >= 0.6 is 11.3 Å². The monoisotopic (exact) mass is 225 g/mol. The quantitative estimate of drug-likeness (QED) is 0.855. The molecule has 1 saturated carbocycles. The van der Waals surface area contributed by atoms with E-state index in [1.54, 1.807) is 0 Å². The zero-order valence-corrected chi connectivity index (χ0v) is 10.1. The van der Waals surface area contributed by atoms with E-state index in [2.05, 4.69) is 19.1 Å². The van der Waals surface area contributed by atoms with Crippen molar-refractivity contribution in [1.29, 1.82) is 0 Å². The Labute approximate surface area is 95.4 Å². The van der Waals surface area contributed by atoms with Crippen LogP contribution in [0.3, 0.4) is 0 Å². The van der Waals surface area contributed by atoms with Gasteiger partial charge in [0.1, 0.15) is 0 Å². The Hall–Kier alpha value is -0.380. The van der Waals surface area contributed by atoms with Crippen LogP contribution in [0.15, 0.2) is 12.1 Å². The minimum absolute atomic E-state index is 0.365. The standard InChI is InChI=1S/C12H19NOS/c1-2-11-5-6-12(15-11)8-14-10-4-3-9(13)7-10/h5-6,9-10H,2-4,7-8,13H2,1H3. The van der Waals surface area contributed by atoms with Gasteiger partial charge in [-0.3, -0.25) is 0 Å². The molecule has 1 fully saturated rings. The van der Waals surface area contributed by atoms with Gasteiger partial charge in [-0.05, 0) is 37.8 Å². The van der Waals surface area contributed by atoms with E-state index in [-0.39, 0.29) is 0 Å². The Morgan fingerprint density at radius 1 is 1.40 bits per heavy atom. The predicted molar refractivity (Wildman–Crippen MR) is 64.1 cm³/mol. The van der Waals surface area contributed by atoms with Crippen LogP contribution in [0.1, 0.15) is 35.9 Å². The summed E-state index contributed by atoms with van der Waals surface area (Å²) >= 11 is 1.86. The van der Waals surface area contributed by atoms with Gasteiger partial charge in [-0.15, -0.1) is 11.3 Å². The molecule has 2 atom stereocenters. The lowest BCUT2D eigenvalue weighted by atomic mass is 10.3. The van der Waals surface area contributed by atoms with Crippen molar-refractivity contribution in [3.8, 4) is 0 Å². The van der Waals surface area contributed by atoms with E-state index in [1.807, 2.05) is 11.3 Å². The van der Waals surface area contributed by atoms with Gasteiger partial charge in [-0.25, -0.2) is 0 Å². The molecule has 0 saturated heterocycles. The topological polar surface area (TPSA) is 35.2 Å². The number of thiophene rings is 1. The fraction of sp³-hybridized carbons (Fsp3) is 0.667. The van der Waals surface area contributed by atoms with Gasteiger partial charge in [0.15, 0.2) is 0 Å². The maximum atomic E-state index is 5.85. The lowest BCUT2D eigenvalue weighted by Crippen LogP contribution is -2.17. The van der Waals surface area contributed by atoms with E-state index >= 15 is 0 Å². The van der Waals surface area contributed by atoms with Crippen molar-refractivity contribution in [3.63, 3.8) is 0 Å². The highest BCUT2D eigenvalue weighted by Crippen LogP contribution is 2.23. The summed E-state index contributed by atoms with van der Waals surface area (Å²) in [5.74, 6) is 0. The zero-order chi connectivity index (χ0) is 10.7. The fourth-order valence-electron chi connectivity index (χ4n) is 2.01. The molecule has 3 heteroatoms. The molecule has 84 valence electrons. The minimum Gasteiger partial charge on any atom is -0.373 e. The molecule has 2 unspecified atom stereocenters. The summed E-state index contributed by atoms with van der Waals surface area (Å²) in [7, 11) is 0. The lowest BCUT2D eigenvalue weighted by Gasteiger charge is -2.09. The maximum Gasteiger partial charge on any atom is 0.0813 e. The van der Waals surface area contributed by atoms with Crippen molar-refractivity contribution < 1.29 is 4.74 Å². The summed E-state index contributed by atoms with van der Waals surface area (Å²) in [5, 5.41) is 0. The van der Waals surface area contributed by atoms with Crippen LogP contribution in [0.25, 0.3) is 0 Å². The van der Waals surface area contributed by atoms with Gasteiger partial charge >= 0.3 is 0 Å². The summed E-state index contributed by atoms with van der Waals surface area (Å²) in [6.45, 7) is 2.95. The van der Waals surface area contributed by atoms with Crippen LogP contribution in [-0.2, 0) is 17.8 Å². The number of hydrogen-bond donors (Lipinski definition) is 1. The average molecular weight is 225 g/mol. The van der Waals surface area contributed by atoms with Crippen LogP contribution in [0.5, 0.6) is 0 Å². The van der Waals surface area contributed by atoms with Gasteiger partial charge in [0.2, 0.25) is 0 Å². The highest BCUT2D eigenvalue weighted by atomic mass is 32.1. The number of rotatable bonds is 4. The highest BCUT2D eigenvalue weighted by molar-refractivity contribution is 7.11. The normalized spacial score (nSPS) is 26.0. The molecule has 2 N–H and O–H groups in total. The first-order chi connectivity index (χ1) is 7.28. The van der Waals surface area contributed by atoms with E-state index in [0.29, 0.717) is 12.1 Å². The lowest BCUT2D eigenvalue weighted by molar-refractivity contribution is 0.0464. The third-order valence-electron chi connectivity index (χ3n) is 2.95. The third kappa shape index (κ3) is 3.03. The van der Waals surface area contributed by atoms with E-state index in [1.165, 1.54) is 9.75 Å². The summed E-state index contributed by atoms with van der Waals surface area (Å²) in [4.78, 5) is 2.78. The van der Waals surface area contributed by atoms with Crippen LogP contribution in [-0.4, -0.2) is 12.1 Å². The molecule has 2 rings (SSSR count). The molecule has 1 aliphatic rings. The van der Waals surface area contributed by atoms with Gasteiger partial charge in [0.25, 0.3) is 0 Å². The summed E-state index contributed by atoms with van der Waals surface area (Å²) in [6, 6.07) is 4.74. The molecule has 2 nitrogen and oxygen atoms in total. The molecule has 0 amide bonds. The van der Waals surface area contributed by atoms with Crippen molar-refractivity contribution in [2.75, 3.05) is 0 Å². The first-order valence-corrected chi connectivity index (χ1v) is 6.54. The Bertz CT molecular complexity index is 310. The average Bonchev–Trinajstić information content (AvgIpc) is 2.83. The number of aryl methyl sites for hydroxylation is 1. The molecular weight excluding hydrogens is 206 g/mol. The van der Waals surface area contributed by atoms with Crippen molar-refractivity contribution >= 4 is 11.3 Å². The van der Waals surface area contributed by atoms with Crippen LogP contribution < -0.4 is 5.73 Å². The number of ether oxygens (including phenoxy) is 1. The Morgan fingerprint density at radius 3 is 2.80 bits per heavy atom. The second-order valence-electron chi connectivity index (χ2n) is 4.23. The van der Waals surface area contributed by atoms with Gasteiger partial charge in [-0.2, -0.15) is 0 Å². The second kappa shape index (κ2) is 5.10. The fourth-order valence-corrected chi connectivity index (χ4v) is 2.89. The van der Waals surface area contributed by atoms with Crippen LogP contribution in [0, 0.1) is 0 Å². The number of hydrogen-bond acceptors (Lipinski definition) is 3. The second-order valence-corrected chi connectivity index (χ2v) is 5.48. The SMILES string of the molecule is CCc1ccc(COC2CCC(N)C2)s1. The minimum atomic E-state index is 0.365. The predicted octanol–water partition coefficient (Wildman–Crippen LogP) is 2.71. The largest absolute Gasteiger partial charge is 0.373 e. The summed E-state index contributed by atoms with van der Waals surface area (Å²) < 4.78 is 5.85. The van der Waals surface area contributed by atoms with Gasteiger partial charge in [0.05, 0.1) is 12.7 Å². The molecule has 0 radical (unpaired) electrons. The van der Waals surface area contributed by atoms with E-state index in [0.717, 1.165) is 32.3 Å². The van der Waals surface area contributed by atoms with Crippen LogP contribution in [0.4, 0.5) is 0 Å². The highest BCUT2D eigenvalue weighted by Gasteiger charge is 2.22. The first-order valence-electron chi connectivity index (χ1n) is 5.72. The summed E-state index contributed by atoms with van der Waals surface area (Å²) in [6.07, 6.45) is 4.81. The smallest absolute Gasteiger partial charge is 0.0813 e. The Balaban J connectivity index is 1.77. The Morgan fingerprint density at radius 2 is 2.20 bits per heavy atom. The van der Waals surface area contributed by atoms with Gasteiger partial charge in [0, 0.05) is 15.8 Å². The molecule has 0 aliphatic heterocycles. The first kappa shape index (κ1) is 11.1. The van der Waals surface area contributed by atoms with E-state index < -0.39 is 0 Å². The molecule has 0 spiro atoms.